The summed E-state index contributed by atoms with van der Waals surface area (Å²) in [6, 6.07) is 10.7. The number of alkyl halides is 3. The Labute approximate surface area is 124 Å². The van der Waals surface area contributed by atoms with Gasteiger partial charge in [-0.05, 0) is 36.4 Å². The molecule has 0 saturated carbocycles. The molecular weight excluding hydrogens is 293 g/mol. The van der Waals surface area contributed by atoms with E-state index < -0.39 is 11.7 Å². The third-order valence-electron chi connectivity index (χ3n) is 3.26. The minimum atomic E-state index is -4.47. The second kappa shape index (κ2) is 5.29. The van der Waals surface area contributed by atoms with Gasteiger partial charge in [0, 0.05) is 5.56 Å². The molecule has 3 rings (SSSR count). The molecule has 0 N–H and O–H groups in total. The second-order valence-corrected chi connectivity index (χ2v) is 4.65. The molecule has 0 atom stereocenters. The van der Waals surface area contributed by atoms with Crippen molar-refractivity contribution >= 4 is 11.0 Å². The first-order valence-corrected chi connectivity index (χ1v) is 6.46. The Balaban J connectivity index is 2.15. The van der Waals surface area contributed by atoms with E-state index in [2.05, 4.69) is 9.97 Å². The number of fused-ring (bicyclic) bond motifs is 1. The van der Waals surface area contributed by atoms with Crippen molar-refractivity contribution in [1.82, 2.24) is 9.97 Å². The first-order chi connectivity index (χ1) is 10.5. The van der Waals surface area contributed by atoms with Crippen LogP contribution in [-0.4, -0.2) is 17.1 Å². The average molecular weight is 304 g/mol. The van der Waals surface area contributed by atoms with E-state index in [0.29, 0.717) is 17.0 Å². The number of hydrogen-bond donors (Lipinski definition) is 0. The van der Waals surface area contributed by atoms with Crippen LogP contribution < -0.4 is 4.74 Å². The molecule has 0 radical (unpaired) electrons. The number of ether oxygens (including phenoxy) is 1. The van der Waals surface area contributed by atoms with Gasteiger partial charge in [0.05, 0.1) is 30.1 Å². The normalized spacial score (nSPS) is 11.6. The molecule has 0 spiro atoms. The highest BCUT2D eigenvalue weighted by Gasteiger charge is 2.33. The fourth-order valence-electron chi connectivity index (χ4n) is 2.16. The minimum absolute atomic E-state index is 0.150. The highest BCUT2D eigenvalue weighted by molar-refractivity contribution is 5.80. The van der Waals surface area contributed by atoms with Crippen LogP contribution in [0.3, 0.4) is 0 Å². The molecular formula is C16H11F3N2O. The van der Waals surface area contributed by atoms with Crippen LogP contribution in [0.25, 0.3) is 22.3 Å². The first-order valence-electron chi connectivity index (χ1n) is 6.46. The Kier molecular flexibility index (Phi) is 3.44. The molecule has 3 nitrogen and oxygen atoms in total. The van der Waals surface area contributed by atoms with Gasteiger partial charge in [-0.3, -0.25) is 4.98 Å². The van der Waals surface area contributed by atoms with Gasteiger partial charge in [-0.1, -0.05) is 6.07 Å². The summed E-state index contributed by atoms with van der Waals surface area (Å²) in [5.74, 6) is 0.661. The van der Waals surface area contributed by atoms with Gasteiger partial charge < -0.3 is 4.74 Å². The quantitative estimate of drug-likeness (QED) is 0.707. The maximum atomic E-state index is 13.1. The van der Waals surface area contributed by atoms with Crippen molar-refractivity contribution in [2.45, 2.75) is 6.18 Å². The molecule has 1 aromatic heterocycles. The van der Waals surface area contributed by atoms with Crippen LogP contribution in [0.4, 0.5) is 13.2 Å². The second-order valence-electron chi connectivity index (χ2n) is 4.65. The minimum Gasteiger partial charge on any atom is -0.497 e. The number of benzene rings is 2. The third-order valence-corrected chi connectivity index (χ3v) is 3.26. The van der Waals surface area contributed by atoms with E-state index in [4.69, 9.17) is 4.74 Å². The van der Waals surface area contributed by atoms with Crippen molar-refractivity contribution in [2.75, 3.05) is 7.11 Å². The summed E-state index contributed by atoms with van der Waals surface area (Å²) in [6.07, 6.45) is -3.00. The molecule has 0 aliphatic heterocycles. The fourth-order valence-corrected chi connectivity index (χ4v) is 2.16. The Morgan fingerprint density at radius 3 is 2.36 bits per heavy atom. The average Bonchev–Trinajstić information content (AvgIpc) is 2.53. The molecule has 1 heterocycles. The van der Waals surface area contributed by atoms with E-state index in [1.165, 1.54) is 18.3 Å². The van der Waals surface area contributed by atoms with Gasteiger partial charge in [-0.15, -0.1) is 0 Å². The van der Waals surface area contributed by atoms with Gasteiger partial charge in [-0.2, -0.15) is 13.2 Å². The van der Waals surface area contributed by atoms with Crippen LogP contribution in [0.2, 0.25) is 0 Å². The SMILES string of the molecule is COc1ccc(-c2cnc3cccc(C(F)(F)F)c3n2)cc1. The fraction of sp³-hybridized carbons (Fsp3) is 0.125. The molecule has 0 aliphatic carbocycles. The van der Waals surface area contributed by atoms with Gasteiger partial charge in [0.1, 0.15) is 11.3 Å². The highest BCUT2D eigenvalue weighted by Crippen LogP contribution is 2.34. The zero-order chi connectivity index (χ0) is 15.7. The van der Waals surface area contributed by atoms with Crippen LogP contribution >= 0.6 is 0 Å². The summed E-state index contributed by atoms with van der Waals surface area (Å²) < 4.78 is 44.3. The number of rotatable bonds is 2. The van der Waals surface area contributed by atoms with Crippen molar-refractivity contribution in [3.8, 4) is 17.0 Å². The summed E-state index contributed by atoms with van der Waals surface area (Å²) in [7, 11) is 1.54. The van der Waals surface area contributed by atoms with E-state index in [0.717, 1.165) is 6.07 Å². The maximum Gasteiger partial charge on any atom is 0.418 e. The van der Waals surface area contributed by atoms with E-state index in [1.54, 1.807) is 31.4 Å². The number of para-hydroxylation sites is 1. The summed E-state index contributed by atoms with van der Waals surface area (Å²) >= 11 is 0. The van der Waals surface area contributed by atoms with E-state index >= 15 is 0 Å². The Morgan fingerprint density at radius 2 is 1.73 bits per heavy atom. The summed E-state index contributed by atoms with van der Waals surface area (Å²) in [5, 5.41) is 0. The van der Waals surface area contributed by atoms with Gasteiger partial charge in [-0.25, -0.2) is 4.98 Å². The monoisotopic (exact) mass is 304 g/mol. The van der Waals surface area contributed by atoms with Crippen LogP contribution in [-0.2, 0) is 6.18 Å². The number of aromatic nitrogens is 2. The predicted octanol–water partition coefficient (Wildman–Crippen LogP) is 4.32. The highest BCUT2D eigenvalue weighted by atomic mass is 19.4. The van der Waals surface area contributed by atoms with Crippen LogP contribution in [0.5, 0.6) is 5.75 Å². The molecule has 112 valence electrons. The lowest BCUT2D eigenvalue weighted by Gasteiger charge is -2.10. The van der Waals surface area contributed by atoms with Crippen LogP contribution in [0.15, 0.2) is 48.7 Å². The zero-order valence-electron chi connectivity index (χ0n) is 11.6. The summed E-state index contributed by atoms with van der Waals surface area (Å²) in [5.41, 5.74) is 0.335. The number of halogens is 3. The number of hydrogen-bond acceptors (Lipinski definition) is 3. The maximum absolute atomic E-state index is 13.1. The molecule has 6 heteroatoms. The van der Waals surface area contributed by atoms with Crippen LogP contribution in [0.1, 0.15) is 5.56 Å². The molecule has 0 aliphatic rings. The third kappa shape index (κ3) is 2.59. The van der Waals surface area contributed by atoms with Crippen molar-refractivity contribution in [3.05, 3.63) is 54.2 Å². The lowest BCUT2D eigenvalue weighted by Crippen LogP contribution is -2.07. The van der Waals surface area contributed by atoms with Gasteiger partial charge >= 0.3 is 6.18 Å². The molecule has 0 fully saturated rings. The molecule has 0 bridgehead atoms. The van der Waals surface area contributed by atoms with Gasteiger partial charge in [0.2, 0.25) is 0 Å². The number of nitrogens with zero attached hydrogens (tertiary/aromatic N) is 2. The topological polar surface area (TPSA) is 35.0 Å². The smallest absolute Gasteiger partial charge is 0.418 e. The van der Waals surface area contributed by atoms with E-state index in [-0.39, 0.29) is 11.0 Å². The van der Waals surface area contributed by atoms with Crippen molar-refractivity contribution in [3.63, 3.8) is 0 Å². The zero-order valence-corrected chi connectivity index (χ0v) is 11.6. The van der Waals surface area contributed by atoms with Gasteiger partial charge in [0.25, 0.3) is 0 Å². The van der Waals surface area contributed by atoms with Crippen molar-refractivity contribution in [1.29, 1.82) is 0 Å². The lowest BCUT2D eigenvalue weighted by atomic mass is 10.1. The Hall–Kier alpha value is -2.63. The molecule has 22 heavy (non-hydrogen) atoms. The number of methoxy groups -OCH3 is 1. The standard InChI is InChI=1S/C16H11F3N2O/c1-22-11-7-5-10(6-8-11)14-9-20-13-4-2-3-12(15(13)21-14)16(17,18)19/h2-9H,1H3. The summed E-state index contributed by atoms with van der Waals surface area (Å²) in [4.78, 5) is 8.22. The molecule has 3 aromatic rings. The van der Waals surface area contributed by atoms with E-state index in [9.17, 15) is 13.2 Å². The molecule has 0 amide bonds. The van der Waals surface area contributed by atoms with Crippen molar-refractivity contribution in [2.24, 2.45) is 0 Å². The predicted molar refractivity (Wildman–Crippen MR) is 76.5 cm³/mol. The molecule has 0 unspecified atom stereocenters. The van der Waals surface area contributed by atoms with Crippen LogP contribution in [0, 0.1) is 0 Å². The molecule has 0 saturated heterocycles. The molecule has 2 aromatic carbocycles. The largest absolute Gasteiger partial charge is 0.497 e. The first kappa shape index (κ1) is 14.3. The Morgan fingerprint density at radius 1 is 1.00 bits per heavy atom. The van der Waals surface area contributed by atoms with Crippen molar-refractivity contribution < 1.29 is 17.9 Å². The Bertz CT molecular complexity index is 814. The van der Waals surface area contributed by atoms with E-state index in [1.807, 2.05) is 0 Å². The summed E-state index contributed by atoms with van der Waals surface area (Å²) in [6.45, 7) is 0. The lowest BCUT2D eigenvalue weighted by molar-refractivity contribution is -0.136. The van der Waals surface area contributed by atoms with Gasteiger partial charge in [0.15, 0.2) is 0 Å².